The fourth-order valence-electron chi connectivity index (χ4n) is 2.78. The number of hydrogen-bond donors (Lipinski definition) is 2. The van der Waals surface area contributed by atoms with Gasteiger partial charge in [0.25, 0.3) is 5.91 Å². The van der Waals surface area contributed by atoms with Crippen molar-refractivity contribution in [2.75, 3.05) is 6.54 Å². The van der Waals surface area contributed by atoms with Crippen molar-refractivity contribution < 1.29 is 14.6 Å². The Balaban J connectivity index is 1.56. The van der Waals surface area contributed by atoms with Gasteiger partial charge in [-0.2, -0.15) is 11.3 Å². The average Bonchev–Trinajstić information content (AvgIpc) is 3.26. The average molecular weight is 331 g/mol. The molecule has 2 aromatic rings. The maximum atomic E-state index is 12.2. The highest BCUT2D eigenvalue weighted by Crippen LogP contribution is 2.24. The minimum absolute atomic E-state index is 0.198. The van der Waals surface area contributed by atoms with E-state index in [1.807, 2.05) is 29.0 Å². The number of carbonyl (C=O) groups is 1. The lowest BCUT2D eigenvalue weighted by atomic mass is 10.1. The van der Waals surface area contributed by atoms with E-state index < -0.39 is 6.10 Å². The number of rotatable bonds is 6. The largest absolute Gasteiger partial charge is 0.490 e. The first-order valence-corrected chi connectivity index (χ1v) is 8.92. The molecule has 1 aliphatic carbocycles. The molecule has 4 nitrogen and oxygen atoms in total. The Morgan fingerprint density at radius 1 is 1.35 bits per heavy atom. The summed E-state index contributed by atoms with van der Waals surface area (Å²) in [4.78, 5) is 12.2. The number of nitrogens with one attached hydrogen (secondary N) is 1. The second-order valence-electron chi connectivity index (χ2n) is 5.83. The monoisotopic (exact) mass is 331 g/mol. The number of aliphatic hydroxyl groups excluding tert-OH is 1. The molecule has 1 fully saturated rings. The SMILES string of the molecule is O=C(NCC(O)c1ccsc1)c1cccc(OC2CCCC2)c1. The number of thiophene rings is 1. The van der Waals surface area contributed by atoms with E-state index in [-0.39, 0.29) is 18.6 Å². The Bertz CT molecular complexity index is 635. The summed E-state index contributed by atoms with van der Waals surface area (Å²) in [7, 11) is 0. The highest BCUT2D eigenvalue weighted by Gasteiger charge is 2.17. The predicted molar refractivity (Wildman–Crippen MR) is 90.9 cm³/mol. The highest BCUT2D eigenvalue weighted by molar-refractivity contribution is 7.07. The van der Waals surface area contributed by atoms with Crippen LogP contribution in [0.4, 0.5) is 0 Å². The molecule has 5 heteroatoms. The molecule has 3 rings (SSSR count). The summed E-state index contributed by atoms with van der Waals surface area (Å²) < 4.78 is 5.92. The highest BCUT2D eigenvalue weighted by atomic mass is 32.1. The lowest BCUT2D eigenvalue weighted by molar-refractivity contribution is 0.0915. The first-order valence-electron chi connectivity index (χ1n) is 7.97. The maximum absolute atomic E-state index is 12.2. The van der Waals surface area contributed by atoms with E-state index in [2.05, 4.69) is 5.32 Å². The van der Waals surface area contributed by atoms with Crippen LogP contribution in [0, 0.1) is 0 Å². The Morgan fingerprint density at radius 2 is 2.17 bits per heavy atom. The van der Waals surface area contributed by atoms with Crippen LogP contribution in [0.2, 0.25) is 0 Å². The number of carbonyl (C=O) groups excluding carboxylic acids is 1. The van der Waals surface area contributed by atoms with E-state index in [4.69, 9.17) is 4.74 Å². The lowest BCUT2D eigenvalue weighted by Gasteiger charge is -2.14. The minimum Gasteiger partial charge on any atom is -0.490 e. The van der Waals surface area contributed by atoms with Crippen LogP contribution in [0.15, 0.2) is 41.1 Å². The molecule has 0 saturated heterocycles. The molecule has 0 radical (unpaired) electrons. The number of ether oxygens (including phenoxy) is 1. The Morgan fingerprint density at radius 3 is 2.91 bits per heavy atom. The van der Waals surface area contributed by atoms with E-state index >= 15 is 0 Å². The molecule has 2 N–H and O–H groups in total. The van der Waals surface area contributed by atoms with E-state index in [1.54, 1.807) is 12.1 Å². The minimum atomic E-state index is -0.678. The van der Waals surface area contributed by atoms with Crippen LogP contribution in [0.1, 0.15) is 47.7 Å². The van der Waals surface area contributed by atoms with Gasteiger partial charge < -0.3 is 15.2 Å². The zero-order chi connectivity index (χ0) is 16.1. The Kier molecular flexibility index (Phi) is 5.31. The van der Waals surface area contributed by atoms with Crippen molar-refractivity contribution in [1.82, 2.24) is 5.32 Å². The van der Waals surface area contributed by atoms with Gasteiger partial charge in [-0.1, -0.05) is 6.07 Å². The summed E-state index contributed by atoms with van der Waals surface area (Å²) in [5.41, 5.74) is 1.38. The first-order chi connectivity index (χ1) is 11.2. The zero-order valence-electron chi connectivity index (χ0n) is 12.9. The molecule has 1 aromatic heterocycles. The zero-order valence-corrected chi connectivity index (χ0v) is 13.7. The van der Waals surface area contributed by atoms with Crippen molar-refractivity contribution in [3.05, 3.63) is 52.2 Å². The molecule has 1 unspecified atom stereocenters. The van der Waals surface area contributed by atoms with Crippen LogP contribution in [-0.2, 0) is 0 Å². The van der Waals surface area contributed by atoms with Crippen LogP contribution < -0.4 is 10.1 Å². The van der Waals surface area contributed by atoms with E-state index in [9.17, 15) is 9.90 Å². The van der Waals surface area contributed by atoms with Crippen molar-refractivity contribution in [3.8, 4) is 5.75 Å². The maximum Gasteiger partial charge on any atom is 0.251 e. The van der Waals surface area contributed by atoms with Gasteiger partial charge in [-0.25, -0.2) is 0 Å². The molecule has 122 valence electrons. The van der Waals surface area contributed by atoms with Crippen LogP contribution >= 0.6 is 11.3 Å². The molecule has 23 heavy (non-hydrogen) atoms. The number of benzene rings is 1. The number of hydrogen-bond acceptors (Lipinski definition) is 4. The van der Waals surface area contributed by atoms with Crippen molar-refractivity contribution >= 4 is 17.2 Å². The van der Waals surface area contributed by atoms with Crippen LogP contribution in [-0.4, -0.2) is 23.7 Å². The fourth-order valence-corrected chi connectivity index (χ4v) is 3.49. The summed E-state index contributed by atoms with van der Waals surface area (Å²) in [5.74, 6) is 0.541. The van der Waals surface area contributed by atoms with Crippen molar-refractivity contribution in [2.45, 2.75) is 37.9 Å². The van der Waals surface area contributed by atoms with Crippen molar-refractivity contribution in [3.63, 3.8) is 0 Å². The second kappa shape index (κ2) is 7.62. The standard InChI is InChI=1S/C18H21NO3S/c20-17(14-8-9-23-12-14)11-19-18(21)13-4-3-7-16(10-13)22-15-5-1-2-6-15/h3-4,7-10,12,15,17,20H,1-2,5-6,11H2,(H,19,21). The van der Waals surface area contributed by atoms with E-state index in [1.165, 1.54) is 24.2 Å². The fraction of sp³-hybridized carbons (Fsp3) is 0.389. The molecule has 0 aliphatic heterocycles. The summed E-state index contributed by atoms with van der Waals surface area (Å²) in [6, 6.07) is 9.10. The van der Waals surface area contributed by atoms with E-state index in [0.717, 1.165) is 24.2 Å². The molecule has 0 spiro atoms. The van der Waals surface area contributed by atoms with Gasteiger partial charge in [0.05, 0.1) is 12.2 Å². The Hall–Kier alpha value is -1.85. The van der Waals surface area contributed by atoms with Gasteiger partial charge in [-0.3, -0.25) is 4.79 Å². The van der Waals surface area contributed by atoms with E-state index in [0.29, 0.717) is 5.56 Å². The predicted octanol–water partition coefficient (Wildman–Crippen LogP) is 3.53. The molecule has 1 aliphatic rings. The quantitative estimate of drug-likeness (QED) is 0.851. The molecule has 1 atom stereocenters. The Labute approximate surface area is 140 Å². The van der Waals surface area contributed by atoms with Gasteiger partial charge in [0.1, 0.15) is 5.75 Å². The van der Waals surface area contributed by atoms with Gasteiger partial charge in [0, 0.05) is 12.1 Å². The van der Waals surface area contributed by atoms with Crippen molar-refractivity contribution in [1.29, 1.82) is 0 Å². The van der Waals surface area contributed by atoms with Gasteiger partial charge in [0.15, 0.2) is 0 Å². The third-order valence-corrected chi connectivity index (χ3v) is 4.79. The third-order valence-electron chi connectivity index (χ3n) is 4.09. The molecule has 1 saturated carbocycles. The summed E-state index contributed by atoms with van der Waals surface area (Å²) in [5, 5.41) is 16.6. The second-order valence-corrected chi connectivity index (χ2v) is 6.61. The smallest absolute Gasteiger partial charge is 0.251 e. The molecule has 1 amide bonds. The number of aliphatic hydroxyl groups is 1. The molecular weight excluding hydrogens is 310 g/mol. The molecule has 1 heterocycles. The first kappa shape index (κ1) is 16.0. The van der Waals surface area contributed by atoms with Crippen LogP contribution in [0.3, 0.4) is 0 Å². The van der Waals surface area contributed by atoms with Gasteiger partial charge >= 0.3 is 0 Å². The summed E-state index contributed by atoms with van der Waals surface area (Å²) in [6.07, 6.45) is 4.19. The van der Waals surface area contributed by atoms with Gasteiger partial charge in [-0.15, -0.1) is 0 Å². The normalized spacial score (nSPS) is 16.2. The van der Waals surface area contributed by atoms with Gasteiger partial charge in [-0.05, 0) is 66.3 Å². The topological polar surface area (TPSA) is 58.6 Å². The lowest BCUT2D eigenvalue weighted by Crippen LogP contribution is -2.28. The molecule has 0 bridgehead atoms. The summed E-state index contributed by atoms with van der Waals surface area (Å²) >= 11 is 1.53. The summed E-state index contributed by atoms with van der Waals surface area (Å²) in [6.45, 7) is 0.198. The van der Waals surface area contributed by atoms with Gasteiger partial charge in [0.2, 0.25) is 0 Å². The van der Waals surface area contributed by atoms with Crippen LogP contribution in [0.25, 0.3) is 0 Å². The van der Waals surface area contributed by atoms with Crippen LogP contribution in [0.5, 0.6) is 5.75 Å². The number of amides is 1. The molecule has 1 aromatic carbocycles. The van der Waals surface area contributed by atoms with Crippen molar-refractivity contribution in [2.24, 2.45) is 0 Å². The molecular formula is C18H21NO3S. The third kappa shape index (κ3) is 4.33.